The molecular weight excluding hydrogens is 223 g/mol. The lowest BCUT2D eigenvalue weighted by atomic mass is 10.1. The summed E-state index contributed by atoms with van der Waals surface area (Å²) in [4.78, 5) is 13.7. The first-order chi connectivity index (χ1) is 8.11. The quantitative estimate of drug-likeness (QED) is 0.769. The van der Waals surface area contributed by atoms with Crippen molar-refractivity contribution < 1.29 is 14.3 Å². The molecule has 3 N–H and O–H groups in total. The van der Waals surface area contributed by atoms with Gasteiger partial charge in [-0.1, -0.05) is 0 Å². The van der Waals surface area contributed by atoms with Crippen LogP contribution in [0.2, 0.25) is 0 Å². The maximum absolute atomic E-state index is 13.2. The van der Waals surface area contributed by atoms with E-state index in [1.54, 1.807) is 4.90 Å². The molecule has 4 nitrogen and oxygen atoms in total. The van der Waals surface area contributed by atoms with Crippen molar-refractivity contribution in [2.75, 3.05) is 18.9 Å². The molecule has 1 aliphatic carbocycles. The summed E-state index contributed by atoms with van der Waals surface area (Å²) < 4.78 is 13.2. The van der Waals surface area contributed by atoms with E-state index >= 15 is 0 Å². The second-order valence-electron chi connectivity index (χ2n) is 4.23. The van der Waals surface area contributed by atoms with Gasteiger partial charge in [0.05, 0.1) is 6.61 Å². The number of hydrogen-bond acceptors (Lipinski definition) is 3. The van der Waals surface area contributed by atoms with E-state index in [1.807, 2.05) is 0 Å². The van der Waals surface area contributed by atoms with Crippen molar-refractivity contribution in [1.29, 1.82) is 0 Å². The van der Waals surface area contributed by atoms with Gasteiger partial charge in [0, 0.05) is 23.8 Å². The molecule has 0 saturated heterocycles. The summed E-state index contributed by atoms with van der Waals surface area (Å²) in [5.74, 6) is -0.791. The van der Waals surface area contributed by atoms with Crippen molar-refractivity contribution in [2.24, 2.45) is 0 Å². The molecule has 92 valence electrons. The van der Waals surface area contributed by atoms with Crippen LogP contribution >= 0.6 is 0 Å². The Labute approximate surface area is 98.8 Å². The van der Waals surface area contributed by atoms with Crippen molar-refractivity contribution >= 4 is 11.6 Å². The van der Waals surface area contributed by atoms with Crippen LogP contribution in [0.15, 0.2) is 18.2 Å². The van der Waals surface area contributed by atoms with E-state index in [9.17, 15) is 9.18 Å². The van der Waals surface area contributed by atoms with Crippen molar-refractivity contribution in [3.63, 3.8) is 0 Å². The Morgan fingerprint density at radius 1 is 1.47 bits per heavy atom. The molecule has 0 aromatic heterocycles. The fourth-order valence-electron chi connectivity index (χ4n) is 1.85. The van der Waals surface area contributed by atoms with Crippen LogP contribution in [0, 0.1) is 5.82 Å². The number of anilines is 1. The number of rotatable bonds is 4. The van der Waals surface area contributed by atoms with Gasteiger partial charge in [0.15, 0.2) is 0 Å². The molecule has 1 aromatic rings. The Balaban J connectivity index is 2.21. The van der Waals surface area contributed by atoms with Crippen LogP contribution < -0.4 is 5.73 Å². The second-order valence-corrected chi connectivity index (χ2v) is 4.23. The lowest BCUT2D eigenvalue weighted by Crippen LogP contribution is -2.35. The molecule has 0 radical (unpaired) electrons. The Kier molecular flexibility index (Phi) is 3.28. The zero-order chi connectivity index (χ0) is 12.4. The molecule has 0 spiro atoms. The van der Waals surface area contributed by atoms with Crippen molar-refractivity contribution in [3.8, 4) is 0 Å². The first-order valence-corrected chi connectivity index (χ1v) is 5.59. The van der Waals surface area contributed by atoms with Crippen LogP contribution in [-0.2, 0) is 0 Å². The van der Waals surface area contributed by atoms with Gasteiger partial charge < -0.3 is 15.7 Å². The number of benzene rings is 1. The highest BCUT2D eigenvalue weighted by atomic mass is 19.1. The molecule has 1 saturated carbocycles. The first kappa shape index (κ1) is 11.9. The van der Waals surface area contributed by atoms with Gasteiger partial charge in [0.2, 0.25) is 0 Å². The maximum Gasteiger partial charge on any atom is 0.254 e. The molecule has 0 unspecified atom stereocenters. The van der Waals surface area contributed by atoms with E-state index in [4.69, 9.17) is 10.8 Å². The topological polar surface area (TPSA) is 66.6 Å². The summed E-state index contributed by atoms with van der Waals surface area (Å²) in [5, 5.41) is 8.93. The van der Waals surface area contributed by atoms with Gasteiger partial charge in [-0.25, -0.2) is 4.39 Å². The summed E-state index contributed by atoms with van der Waals surface area (Å²) in [6.45, 7) is 0.187. The molecule has 1 aromatic carbocycles. The molecule has 0 heterocycles. The zero-order valence-corrected chi connectivity index (χ0v) is 9.40. The number of nitrogens with zero attached hydrogens (tertiary/aromatic N) is 1. The highest BCUT2D eigenvalue weighted by Crippen LogP contribution is 2.28. The SMILES string of the molecule is Nc1cc(F)cc(C(=O)N(CCO)C2CC2)c1. The van der Waals surface area contributed by atoms with Crippen LogP contribution in [0.25, 0.3) is 0 Å². The minimum Gasteiger partial charge on any atom is -0.399 e. The normalized spacial score (nSPS) is 14.7. The zero-order valence-electron chi connectivity index (χ0n) is 9.40. The third-order valence-electron chi connectivity index (χ3n) is 2.76. The number of aliphatic hydroxyl groups is 1. The lowest BCUT2D eigenvalue weighted by molar-refractivity contribution is 0.0707. The van der Waals surface area contributed by atoms with E-state index in [0.29, 0.717) is 0 Å². The molecule has 1 amide bonds. The van der Waals surface area contributed by atoms with Gasteiger partial charge in [-0.2, -0.15) is 0 Å². The Bertz CT molecular complexity index is 412. The molecule has 0 aliphatic heterocycles. The molecule has 2 rings (SSSR count). The van der Waals surface area contributed by atoms with Gasteiger partial charge >= 0.3 is 0 Å². The highest BCUT2D eigenvalue weighted by molar-refractivity contribution is 5.95. The van der Waals surface area contributed by atoms with Gasteiger partial charge in [0.1, 0.15) is 5.82 Å². The highest BCUT2D eigenvalue weighted by Gasteiger charge is 2.32. The molecule has 5 heteroatoms. The number of halogens is 1. The van der Waals surface area contributed by atoms with Crippen molar-refractivity contribution in [3.05, 3.63) is 29.6 Å². The fourth-order valence-corrected chi connectivity index (χ4v) is 1.85. The summed E-state index contributed by atoms with van der Waals surface area (Å²) in [6, 6.07) is 3.98. The molecule has 17 heavy (non-hydrogen) atoms. The predicted molar refractivity (Wildman–Crippen MR) is 62.0 cm³/mol. The summed E-state index contributed by atoms with van der Waals surface area (Å²) in [5.41, 5.74) is 5.97. The summed E-state index contributed by atoms with van der Waals surface area (Å²) >= 11 is 0. The van der Waals surface area contributed by atoms with Gasteiger partial charge in [-0.3, -0.25) is 4.79 Å². The van der Waals surface area contributed by atoms with E-state index in [0.717, 1.165) is 12.8 Å². The molecular formula is C12H15FN2O2. The Hall–Kier alpha value is -1.62. The minimum absolute atomic E-state index is 0.0902. The van der Waals surface area contributed by atoms with Gasteiger partial charge in [-0.05, 0) is 31.0 Å². The monoisotopic (exact) mass is 238 g/mol. The van der Waals surface area contributed by atoms with Crippen LogP contribution in [0.3, 0.4) is 0 Å². The molecule has 0 bridgehead atoms. The van der Waals surface area contributed by atoms with E-state index in [2.05, 4.69) is 0 Å². The van der Waals surface area contributed by atoms with E-state index < -0.39 is 5.82 Å². The van der Waals surface area contributed by atoms with E-state index in [-0.39, 0.29) is 36.4 Å². The first-order valence-electron chi connectivity index (χ1n) is 5.59. The number of carbonyl (C=O) groups excluding carboxylic acids is 1. The van der Waals surface area contributed by atoms with Crippen LogP contribution in [-0.4, -0.2) is 35.1 Å². The van der Waals surface area contributed by atoms with Crippen molar-refractivity contribution in [1.82, 2.24) is 4.90 Å². The molecule has 1 aliphatic rings. The third kappa shape index (κ3) is 2.74. The lowest BCUT2D eigenvalue weighted by Gasteiger charge is -2.21. The van der Waals surface area contributed by atoms with Crippen LogP contribution in [0.4, 0.5) is 10.1 Å². The number of nitrogen functional groups attached to an aromatic ring is 1. The molecule has 0 atom stereocenters. The predicted octanol–water partition coefficient (Wildman–Crippen LogP) is 1.00. The van der Waals surface area contributed by atoms with Crippen LogP contribution in [0.1, 0.15) is 23.2 Å². The number of hydrogen-bond donors (Lipinski definition) is 2. The Morgan fingerprint density at radius 3 is 2.71 bits per heavy atom. The molecule has 1 fully saturated rings. The third-order valence-corrected chi connectivity index (χ3v) is 2.76. The standard InChI is InChI=1S/C12H15FN2O2/c13-9-5-8(6-10(14)7-9)12(17)15(3-4-16)11-1-2-11/h5-7,11,16H,1-4,14H2. The number of amides is 1. The van der Waals surface area contributed by atoms with Crippen LogP contribution in [0.5, 0.6) is 0 Å². The van der Waals surface area contributed by atoms with Gasteiger partial charge in [-0.15, -0.1) is 0 Å². The second kappa shape index (κ2) is 4.71. The van der Waals surface area contributed by atoms with Crippen molar-refractivity contribution in [2.45, 2.75) is 18.9 Å². The summed E-state index contributed by atoms with van der Waals surface area (Å²) in [7, 11) is 0. The Morgan fingerprint density at radius 2 is 2.18 bits per heavy atom. The smallest absolute Gasteiger partial charge is 0.254 e. The number of aliphatic hydroxyl groups excluding tert-OH is 1. The van der Waals surface area contributed by atoms with Gasteiger partial charge in [0.25, 0.3) is 5.91 Å². The average Bonchev–Trinajstić information content (AvgIpc) is 3.07. The average molecular weight is 238 g/mol. The fraction of sp³-hybridized carbons (Fsp3) is 0.417. The van der Waals surface area contributed by atoms with E-state index in [1.165, 1.54) is 18.2 Å². The number of carbonyl (C=O) groups is 1. The summed E-state index contributed by atoms with van der Waals surface area (Å²) in [6.07, 6.45) is 1.88. The minimum atomic E-state index is -0.520. The maximum atomic E-state index is 13.2. The largest absolute Gasteiger partial charge is 0.399 e. The number of nitrogens with two attached hydrogens (primary N) is 1.